The minimum Gasteiger partial charge on any atom is -0.454 e. The standard InChI is InChI=1S/C19H17ClN2O5/c20-14-5-3-13(4-6-14)18(23)12-27-19(24)16-11-15(22(25)26)7-8-17(16)21-9-1-2-10-21/h3-8,11H,1-2,9-10,12H2. The van der Waals surface area contributed by atoms with Gasteiger partial charge in [-0.2, -0.15) is 0 Å². The van der Waals surface area contributed by atoms with Crippen LogP contribution < -0.4 is 4.90 Å². The topological polar surface area (TPSA) is 89.8 Å². The van der Waals surface area contributed by atoms with Crippen molar-refractivity contribution in [1.29, 1.82) is 0 Å². The number of nitro benzene ring substituents is 1. The van der Waals surface area contributed by atoms with Crippen LogP contribution in [0, 0.1) is 10.1 Å². The van der Waals surface area contributed by atoms with Crippen molar-refractivity contribution >= 4 is 34.7 Å². The van der Waals surface area contributed by atoms with Gasteiger partial charge in [-0.05, 0) is 43.2 Å². The fraction of sp³-hybridized carbons (Fsp3) is 0.263. The first-order valence-corrected chi connectivity index (χ1v) is 8.83. The van der Waals surface area contributed by atoms with Gasteiger partial charge in [0.05, 0.1) is 16.2 Å². The van der Waals surface area contributed by atoms with E-state index in [0.29, 0.717) is 16.3 Å². The van der Waals surface area contributed by atoms with E-state index >= 15 is 0 Å². The fourth-order valence-electron chi connectivity index (χ4n) is 2.96. The van der Waals surface area contributed by atoms with Gasteiger partial charge in [-0.3, -0.25) is 14.9 Å². The van der Waals surface area contributed by atoms with Gasteiger partial charge in [0.1, 0.15) is 0 Å². The summed E-state index contributed by atoms with van der Waals surface area (Å²) in [7, 11) is 0. The number of nitrogens with zero attached hydrogens (tertiary/aromatic N) is 2. The number of carbonyl (C=O) groups excluding carboxylic acids is 2. The molecule has 0 N–H and O–H groups in total. The van der Waals surface area contributed by atoms with Gasteiger partial charge < -0.3 is 9.64 Å². The molecule has 3 rings (SSSR count). The molecule has 2 aromatic rings. The van der Waals surface area contributed by atoms with Crippen LogP contribution in [-0.4, -0.2) is 36.4 Å². The van der Waals surface area contributed by atoms with E-state index in [1.807, 2.05) is 4.90 Å². The molecule has 1 aliphatic heterocycles. The maximum absolute atomic E-state index is 12.5. The van der Waals surface area contributed by atoms with E-state index in [1.54, 1.807) is 30.3 Å². The Labute approximate surface area is 160 Å². The average molecular weight is 389 g/mol. The number of hydrogen-bond donors (Lipinski definition) is 0. The molecule has 7 nitrogen and oxygen atoms in total. The number of Topliss-reactive ketones (excluding diaryl/α,β-unsaturated/α-hetero) is 1. The van der Waals surface area contributed by atoms with Crippen molar-refractivity contribution in [2.45, 2.75) is 12.8 Å². The van der Waals surface area contributed by atoms with Gasteiger partial charge in [-0.1, -0.05) is 11.6 Å². The van der Waals surface area contributed by atoms with Crippen molar-refractivity contribution < 1.29 is 19.2 Å². The lowest BCUT2D eigenvalue weighted by Gasteiger charge is -2.20. The molecule has 1 saturated heterocycles. The Morgan fingerprint density at radius 3 is 2.41 bits per heavy atom. The highest BCUT2D eigenvalue weighted by Crippen LogP contribution is 2.29. The van der Waals surface area contributed by atoms with E-state index in [1.165, 1.54) is 12.1 Å². The third kappa shape index (κ3) is 4.43. The molecule has 8 heteroatoms. The van der Waals surface area contributed by atoms with E-state index < -0.39 is 17.5 Å². The van der Waals surface area contributed by atoms with Crippen LogP contribution >= 0.6 is 11.6 Å². The summed E-state index contributed by atoms with van der Waals surface area (Å²) in [6.45, 7) is 1.08. The maximum Gasteiger partial charge on any atom is 0.340 e. The Balaban J connectivity index is 1.77. The second-order valence-electron chi connectivity index (χ2n) is 6.16. The first-order valence-electron chi connectivity index (χ1n) is 8.45. The Bertz CT molecular complexity index is 876. The van der Waals surface area contributed by atoms with Gasteiger partial charge in [0.25, 0.3) is 5.69 Å². The van der Waals surface area contributed by atoms with Crippen molar-refractivity contribution in [3.8, 4) is 0 Å². The number of benzene rings is 2. The third-order valence-electron chi connectivity index (χ3n) is 4.36. The highest BCUT2D eigenvalue weighted by molar-refractivity contribution is 6.30. The Morgan fingerprint density at radius 1 is 1.11 bits per heavy atom. The summed E-state index contributed by atoms with van der Waals surface area (Å²) in [5.41, 5.74) is 0.844. The lowest BCUT2D eigenvalue weighted by molar-refractivity contribution is -0.384. The predicted molar refractivity (Wildman–Crippen MR) is 101 cm³/mol. The zero-order valence-electron chi connectivity index (χ0n) is 14.4. The van der Waals surface area contributed by atoms with Crippen LogP contribution in [0.4, 0.5) is 11.4 Å². The number of rotatable bonds is 6. The Kier molecular flexibility index (Phi) is 5.71. The summed E-state index contributed by atoms with van der Waals surface area (Å²) in [4.78, 5) is 37.2. The van der Waals surface area contributed by atoms with Gasteiger partial charge in [-0.25, -0.2) is 4.79 Å². The molecule has 0 unspecified atom stereocenters. The Morgan fingerprint density at radius 2 is 1.78 bits per heavy atom. The molecule has 1 heterocycles. The van der Waals surface area contributed by atoms with Gasteiger partial charge >= 0.3 is 5.97 Å². The van der Waals surface area contributed by atoms with Crippen molar-refractivity contribution in [1.82, 2.24) is 0 Å². The van der Waals surface area contributed by atoms with Crippen LogP contribution in [0.3, 0.4) is 0 Å². The number of carbonyl (C=O) groups is 2. The molecular weight excluding hydrogens is 372 g/mol. The minimum absolute atomic E-state index is 0.0926. The van der Waals surface area contributed by atoms with Crippen LogP contribution in [0.5, 0.6) is 0 Å². The maximum atomic E-state index is 12.5. The third-order valence-corrected chi connectivity index (χ3v) is 4.61. The first kappa shape index (κ1) is 18.8. The normalized spacial score (nSPS) is 13.4. The molecule has 1 fully saturated rings. The molecule has 27 heavy (non-hydrogen) atoms. The zero-order chi connectivity index (χ0) is 19.4. The highest BCUT2D eigenvalue weighted by atomic mass is 35.5. The number of hydrogen-bond acceptors (Lipinski definition) is 6. The predicted octanol–water partition coefficient (Wildman–Crippen LogP) is 3.89. The second kappa shape index (κ2) is 8.18. The molecule has 0 atom stereocenters. The van der Waals surface area contributed by atoms with E-state index in [2.05, 4.69) is 0 Å². The van der Waals surface area contributed by atoms with Gasteiger partial charge in [-0.15, -0.1) is 0 Å². The summed E-state index contributed by atoms with van der Waals surface area (Å²) in [6, 6.07) is 10.3. The number of esters is 1. The van der Waals surface area contributed by atoms with Crippen LogP contribution in [0.2, 0.25) is 5.02 Å². The van der Waals surface area contributed by atoms with Gasteiger partial charge in [0, 0.05) is 35.8 Å². The molecule has 0 saturated carbocycles. The average Bonchev–Trinajstić information content (AvgIpc) is 3.20. The van der Waals surface area contributed by atoms with E-state index in [-0.39, 0.29) is 17.0 Å². The molecule has 0 spiro atoms. The van der Waals surface area contributed by atoms with Crippen LogP contribution in [-0.2, 0) is 4.74 Å². The molecule has 0 amide bonds. The van der Waals surface area contributed by atoms with Gasteiger partial charge in [0.15, 0.2) is 12.4 Å². The van der Waals surface area contributed by atoms with Crippen molar-refractivity contribution in [2.75, 3.05) is 24.6 Å². The summed E-state index contributed by atoms with van der Waals surface area (Å²) in [5.74, 6) is -1.14. The molecule has 140 valence electrons. The fourth-order valence-corrected chi connectivity index (χ4v) is 3.09. The first-order chi connectivity index (χ1) is 13.0. The van der Waals surface area contributed by atoms with E-state index in [4.69, 9.17) is 16.3 Å². The van der Waals surface area contributed by atoms with E-state index in [0.717, 1.165) is 25.9 Å². The van der Waals surface area contributed by atoms with Crippen molar-refractivity contribution in [3.63, 3.8) is 0 Å². The summed E-state index contributed by atoms with van der Waals surface area (Å²) >= 11 is 5.79. The van der Waals surface area contributed by atoms with Gasteiger partial charge in [0.2, 0.25) is 0 Å². The Hall–Kier alpha value is -2.93. The molecular formula is C19H17ClN2O5. The van der Waals surface area contributed by atoms with Crippen LogP contribution in [0.15, 0.2) is 42.5 Å². The lowest BCUT2D eigenvalue weighted by atomic mass is 10.1. The number of anilines is 1. The number of ketones is 1. The summed E-state index contributed by atoms with van der Waals surface area (Å²) in [6.07, 6.45) is 1.97. The smallest absolute Gasteiger partial charge is 0.340 e. The van der Waals surface area contributed by atoms with Crippen LogP contribution in [0.25, 0.3) is 0 Å². The molecule has 0 aliphatic carbocycles. The minimum atomic E-state index is -0.761. The molecule has 0 bridgehead atoms. The number of nitro groups is 1. The molecule has 0 aromatic heterocycles. The second-order valence-corrected chi connectivity index (χ2v) is 6.60. The monoisotopic (exact) mass is 388 g/mol. The zero-order valence-corrected chi connectivity index (χ0v) is 15.1. The largest absolute Gasteiger partial charge is 0.454 e. The highest BCUT2D eigenvalue weighted by Gasteiger charge is 2.24. The SMILES string of the molecule is O=C(COC(=O)c1cc([N+](=O)[O-])ccc1N1CCCC1)c1ccc(Cl)cc1. The lowest BCUT2D eigenvalue weighted by Crippen LogP contribution is -2.22. The van der Waals surface area contributed by atoms with Crippen molar-refractivity contribution in [3.05, 3.63) is 68.7 Å². The quantitative estimate of drug-likeness (QED) is 0.323. The number of non-ortho nitro benzene ring substituents is 1. The number of ether oxygens (including phenoxy) is 1. The molecule has 1 aliphatic rings. The van der Waals surface area contributed by atoms with Crippen LogP contribution in [0.1, 0.15) is 33.6 Å². The summed E-state index contributed by atoms with van der Waals surface area (Å²) in [5, 5.41) is 11.6. The van der Waals surface area contributed by atoms with E-state index in [9.17, 15) is 19.7 Å². The number of halogens is 1. The molecule has 2 aromatic carbocycles. The molecule has 0 radical (unpaired) electrons. The van der Waals surface area contributed by atoms with Crippen molar-refractivity contribution in [2.24, 2.45) is 0 Å². The summed E-state index contributed by atoms with van der Waals surface area (Å²) < 4.78 is 5.14.